The zero-order chi connectivity index (χ0) is 16.8. The molecule has 0 aromatic rings. The molecular weight excluding hydrogens is 292 g/mol. The molecule has 23 heavy (non-hydrogen) atoms. The van der Waals surface area contributed by atoms with Gasteiger partial charge in [0.25, 0.3) is 0 Å². The number of carboxylic acid groups (broad SMARTS) is 1. The summed E-state index contributed by atoms with van der Waals surface area (Å²) in [6.45, 7) is 4.61. The third-order valence-corrected chi connectivity index (χ3v) is 7.57. The molecular formula is C19H30O4. The van der Waals surface area contributed by atoms with Gasteiger partial charge in [0.1, 0.15) is 0 Å². The number of aliphatic hydroxyl groups is 2. The molecule has 130 valence electrons. The van der Waals surface area contributed by atoms with Gasteiger partial charge in [0, 0.05) is 17.4 Å². The van der Waals surface area contributed by atoms with Crippen LogP contribution in [0, 0.1) is 28.6 Å². The molecule has 0 bridgehead atoms. The predicted octanol–water partition coefficient (Wildman–Crippen LogP) is 2.98. The van der Waals surface area contributed by atoms with Crippen LogP contribution in [0.15, 0.2) is 11.6 Å². The van der Waals surface area contributed by atoms with Crippen molar-refractivity contribution >= 4 is 5.97 Å². The van der Waals surface area contributed by atoms with Gasteiger partial charge in [-0.05, 0) is 48.9 Å². The highest BCUT2D eigenvalue weighted by atomic mass is 16.4. The number of aliphatic hydroxyl groups excluding tert-OH is 2. The largest absolute Gasteiger partial charge is 0.478 e. The standard InChI is InChI=1S/C19H30O4/c1-12-4-3-8-18(2)14(12)7-9-19(11-20)15(18)6-5-13(17(22)23)10-16(19)21/h5,12,14-16,20-21H,3-4,6-11H2,1-2H3,(H,22,23). The summed E-state index contributed by atoms with van der Waals surface area (Å²) in [6, 6.07) is 0. The molecule has 0 aromatic carbocycles. The highest BCUT2D eigenvalue weighted by Gasteiger charge is 2.59. The van der Waals surface area contributed by atoms with Crippen LogP contribution in [0.25, 0.3) is 0 Å². The molecule has 4 nitrogen and oxygen atoms in total. The smallest absolute Gasteiger partial charge is 0.331 e. The molecule has 0 spiro atoms. The Morgan fingerprint density at radius 1 is 1.35 bits per heavy atom. The second-order valence-corrected chi connectivity index (χ2v) is 8.45. The number of carbonyl (C=O) groups is 1. The number of carboxylic acids is 1. The van der Waals surface area contributed by atoms with Crippen LogP contribution in [0.3, 0.4) is 0 Å². The van der Waals surface area contributed by atoms with E-state index < -0.39 is 17.5 Å². The van der Waals surface area contributed by atoms with E-state index in [-0.39, 0.29) is 24.4 Å². The summed E-state index contributed by atoms with van der Waals surface area (Å²) in [5, 5.41) is 30.5. The Kier molecular flexibility index (Phi) is 4.35. The molecule has 6 atom stereocenters. The number of fused-ring (bicyclic) bond motifs is 3. The Labute approximate surface area is 138 Å². The van der Waals surface area contributed by atoms with Crippen molar-refractivity contribution in [1.29, 1.82) is 0 Å². The van der Waals surface area contributed by atoms with E-state index in [1.165, 1.54) is 12.8 Å². The lowest BCUT2D eigenvalue weighted by Crippen LogP contribution is -2.58. The van der Waals surface area contributed by atoms with E-state index in [0.29, 0.717) is 23.8 Å². The number of allylic oxidation sites excluding steroid dienone is 1. The van der Waals surface area contributed by atoms with Gasteiger partial charge in [0.05, 0.1) is 12.7 Å². The average Bonchev–Trinajstić information content (AvgIpc) is 2.65. The van der Waals surface area contributed by atoms with E-state index in [0.717, 1.165) is 19.3 Å². The molecule has 2 saturated carbocycles. The molecule has 0 radical (unpaired) electrons. The first-order valence-corrected chi connectivity index (χ1v) is 9.06. The molecule has 0 aromatic heterocycles. The summed E-state index contributed by atoms with van der Waals surface area (Å²) in [5.41, 5.74) is -0.149. The van der Waals surface area contributed by atoms with Gasteiger partial charge in [-0.2, -0.15) is 0 Å². The minimum absolute atomic E-state index is 0.0454. The Hall–Kier alpha value is -0.870. The monoisotopic (exact) mass is 322 g/mol. The van der Waals surface area contributed by atoms with Crippen LogP contribution < -0.4 is 0 Å². The fourth-order valence-corrected chi connectivity index (χ4v) is 6.27. The molecule has 0 heterocycles. The first-order chi connectivity index (χ1) is 10.8. The fraction of sp³-hybridized carbons (Fsp3) is 0.842. The van der Waals surface area contributed by atoms with E-state index in [1.807, 2.05) is 6.08 Å². The van der Waals surface area contributed by atoms with Crippen LogP contribution in [-0.4, -0.2) is 34.0 Å². The third-order valence-electron chi connectivity index (χ3n) is 7.57. The van der Waals surface area contributed by atoms with Crippen molar-refractivity contribution in [2.24, 2.45) is 28.6 Å². The zero-order valence-corrected chi connectivity index (χ0v) is 14.3. The number of hydrogen-bond acceptors (Lipinski definition) is 3. The quantitative estimate of drug-likeness (QED) is 0.730. The summed E-state index contributed by atoms with van der Waals surface area (Å²) in [4.78, 5) is 11.4. The van der Waals surface area contributed by atoms with Gasteiger partial charge in [-0.15, -0.1) is 0 Å². The van der Waals surface area contributed by atoms with Crippen LogP contribution in [-0.2, 0) is 4.79 Å². The lowest BCUT2D eigenvalue weighted by Gasteiger charge is -2.61. The number of hydrogen-bond donors (Lipinski definition) is 3. The van der Waals surface area contributed by atoms with Crippen molar-refractivity contribution < 1.29 is 20.1 Å². The normalized spacial score (nSPS) is 47.0. The molecule has 6 unspecified atom stereocenters. The van der Waals surface area contributed by atoms with E-state index in [4.69, 9.17) is 0 Å². The molecule has 0 saturated heterocycles. The predicted molar refractivity (Wildman–Crippen MR) is 87.8 cm³/mol. The van der Waals surface area contributed by atoms with Crippen molar-refractivity contribution in [3.63, 3.8) is 0 Å². The topological polar surface area (TPSA) is 77.8 Å². The molecule has 3 rings (SSSR count). The van der Waals surface area contributed by atoms with Gasteiger partial charge < -0.3 is 15.3 Å². The molecule has 3 N–H and O–H groups in total. The second kappa shape index (κ2) is 5.89. The van der Waals surface area contributed by atoms with E-state index >= 15 is 0 Å². The van der Waals surface area contributed by atoms with Gasteiger partial charge >= 0.3 is 5.97 Å². The van der Waals surface area contributed by atoms with Gasteiger partial charge in [-0.1, -0.05) is 32.8 Å². The maximum absolute atomic E-state index is 11.4. The fourth-order valence-electron chi connectivity index (χ4n) is 6.27. The van der Waals surface area contributed by atoms with Gasteiger partial charge in [-0.25, -0.2) is 4.79 Å². The maximum Gasteiger partial charge on any atom is 0.331 e. The summed E-state index contributed by atoms with van der Waals surface area (Å²) in [5.74, 6) is 0.518. The van der Waals surface area contributed by atoms with Crippen molar-refractivity contribution in [1.82, 2.24) is 0 Å². The zero-order valence-electron chi connectivity index (χ0n) is 14.3. The van der Waals surface area contributed by atoms with E-state index in [1.54, 1.807) is 0 Å². The summed E-state index contributed by atoms with van der Waals surface area (Å²) in [6.07, 6.45) is 7.29. The maximum atomic E-state index is 11.4. The van der Waals surface area contributed by atoms with E-state index in [2.05, 4.69) is 13.8 Å². The van der Waals surface area contributed by atoms with Crippen LogP contribution in [0.2, 0.25) is 0 Å². The molecule has 0 aliphatic heterocycles. The molecule has 3 aliphatic carbocycles. The molecule has 4 heteroatoms. The van der Waals surface area contributed by atoms with Gasteiger partial charge in [-0.3, -0.25) is 0 Å². The summed E-state index contributed by atoms with van der Waals surface area (Å²) < 4.78 is 0. The Morgan fingerprint density at radius 2 is 2.09 bits per heavy atom. The molecule has 3 aliphatic rings. The van der Waals surface area contributed by atoms with Crippen molar-refractivity contribution in [2.75, 3.05) is 6.61 Å². The van der Waals surface area contributed by atoms with E-state index in [9.17, 15) is 20.1 Å². The van der Waals surface area contributed by atoms with Gasteiger partial charge in [0.15, 0.2) is 0 Å². The first kappa shape index (κ1) is 17.0. The average molecular weight is 322 g/mol. The minimum Gasteiger partial charge on any atom is -0.478 e. The lowest BCUT2D eigenvalue weighted by molar-refractivity contribution is -0.167. The van der Waals surface area contributed by atoms with Crippen molar-refractivity contribution in [3.05, 3.63) is 11.6 Å². The minimum atomic E-state index is -0.936. The van der Waals surface area contributed by atoms with Crippen molar-refractivity contribution in [2.45, 2.75) is 64.9 Å². The SMILES string of the molecule is CC1CCCC2(C)C1CCC1(CO)C(O)CC(C(=O)O)=CCC21. The van der Waals surface area contributed by atoms with Gasteiger partial charge in [0.2, 0.25) is 0 Å². The Morgan fingerprint density at radius 3 is 2.74 bits per heavy atom. The highest BCUT2D eigenvalue weighted by molar-refractivity contribution is 5.86. The lowest BCUT2D eigenvalue weighted by atomic mass is 9.44. The third kappa shape index (κ3) is 2.45. The van der Waals surface area contributed by atoms with Crippen molar-refractivity contribution in [3.8, 4) is 0 Å². The van der Waals surface area contributed by atoms with Crippen LogP contribution in [0.1, 0.15) is 58.8 Å². The summed E-state index contributed by atoms with van der Waals surface area (Å²) >= 11 is 0. The van der Waals surface area contributed by atoms with Crippen LogP contribution in [0.5, 0.6) is 0 Å². The van der Waals surface area contributed by atoms with Crippen LogP contribution in [0.4, 0.5) is 0 Å². The second-order valence-electron chi connectivity index (χ2n) is 8.45. The summed E-state index contributed by atoms with van der Waals surface area (Å²) in [7, 11) is 0. The Balaban J connectivity index is 2.03. The molecule has 0 amide bonds. The number of rotatable bonds is 2. The highest BCUT2D eigenvalue weighted by Crippen LogP contribution is 2.63. The van der Waals surface area contributed by atoms with Crippen LogP contribution >= 0.6 is 0 Å². The first-order valence-electron chi connectivity index (χ1n) is 9.06. The molecule has 2 fully saturated rings. The number of aliphatic carboxylic acids is 1. The Bertz CT molecular complexity index is 513.